The van der Waals surface area contributed by atoms with Crippen LogP contribution in [-0.4, -0.2) is 61.6 Å². The first-order valence-electron chi connectivity index (χ1n) is 6.67. The molecule has 1 aliphatic heterocycles. The predicted octanol–water partition coefficient (Wildman–Crippen LogP) is 0.317. The minimum absolute atomic E-state index is 0.0591. The number of hydrogen-bond acceptors (Lipinski definition) is 4. The summed E-state index contributed by atoms with van der Waals surface area (Å²) in [5.41, 5.74) is -0.775. The molecule has 116 valence electrons. The lowest BCUT2D eigenvalue weighted by Gasteiger charge is -2.36. The summed E-state index contributed by atoms with van der Waals surface area (Å²) < 4.78 is 22.6. The topological polar surface area (TPSA) is 104 Å². The van der Waals surface area contributed by atoms with Crippen molar-refractivity contribution in [3.8, 4) is 0 Å². The third-order valence-corrected chi connectivity index (χ3v) is 5.51. The summed E-state index contributed by atoms with van der Waals surface area (Å²) in [6.45, 7) is 4.07. The van der Waals surface area contributed by atoms with Crippen molar-refractivity contribution < 1.29 is 23.1 Å². The molecule has 7 nitrogen and oxygen atoms in total. The number of nitrogens with zero attached hydrogens (tertiary/aromatic N) is 1. The highest BCUT2D eigenvalue weighted by Crippen LogP contribution is 2.30. The lowest BCUT2D eigenvalue weighted by Crippen LogP contribution is -2.49. The fourth-order valence-corrected chi connectivity index (χ4v) is 2.69. The van der Waals surface area contributed by atoms with Crippen molar-refractivity contribution in [1.82, 2.24) is 10.2 Å². The number of carbonyl (C=O) groups is 2. The second-order valence-corrected chi connectivity index (χ2v) is 7.79. The molecule has 8 heteroatoms. The molecular formula is C12H22N2O5S. The molecule has 1 saturated heterocycles. The Morgan fingerprint density at radius 2 is 1.85 bits per heavy atom. The Hall–Kier alpha value is -1.31. The lowest BCUT2D eigenvalue weighted by molar-refractivity contribution is -0.150. The van der Waals surface area contributed by atoms with E-state index in [1.54, 1.807) is 13.8 Å². The van der Waals surface area contributed by atoms with Crippen LogP contribution in [0.1, 0.15) is 26.7 Å². The number of aliphatic carboxylic acids is 1. The maximum absolute atomic E-state index is 11.8. The number of carbonyl (C=O) groups excluding carboxylic acids is 1. The summed E-state index contributed by atoms with van der Waals surface area (Å²) in [6, 6.07) is -0.330. The maximum atomic E-state index is 11.8. The Morgan fingerprint density at radius 1 is 1.30 bits per heavy atom. The van der Waals surface area contributed by atoms with E-state index in [1.165, 1.54) is 4.90 Å². The van der Waals surface area contributed by atoms with Gasteiger partial charge in [0.1, 0.15) is 0 Å². The minimum Gasteiger partial charge on any atom is -0.481 e. The van der Waals surface area contributed by atoms with Crippen LogP contribution in [0.15, 0.2) is 0 Å². The molecule has 0 spiro atoms. The van der Waals surface area contributed by atoms with E-state index in [-0.39, 0.29) is 24.1 Å². The molecule has 2 amide bonds. The van der Waals surface area contributed by atoms with Gasteiger partial charge >= 0.3 is 12.0 Å². The van der Waals surface area contributed by atoms with Crippen LogP contribution in [0.3, 0.4) is 0 Å². The van der Waals surface area contributed by atoms with Crippen LogP contribution < -0.4 is 5.32 Å². The quantitative estimate of drug-likeness (QED) is 0.761. The van der Waals surface area contributed by atoms with E-state index in [1.807, 2.05) is 0 Å². The molecular weight excluding hydrogens is 284 g/mol. The summed E-state index contributed by atoms with van der Waals surface area (Å²) in [5.74, 6) is -0.856. The van der Waals surface area contributed by atoms with Crippen molar-refractivity contribution in [2.24, 2.45) is 5.41 Å². The van der Waals surface area contributed by atoms with Crippen LogP contribution in [-0.2, 0) is 14.6 Å². The SMILES string of the molecule is CCS(=O)(=O)CCNC(=O)N1CCC(C)(C(=O)O)CC1. The smallest absolute Gasteiger partial charge is 0.317 e. The van der Waals surface area contributed by atoms with Gasteiger partial charge in [0.25, 0.3) is 0 Å². The van der Waals surface area contributed by atoms with Gasteiger partial charge in [-0.3, -0.25) is 4.79 Å². The van der Waals surface area contributed by atoms with E-state index < -0.39 is 21.2 Å². The van der Waals surface area contributed by atoms with Crippen LogP contribution in [0.2, 0.25) is 0 Å². The largest absolute Gasteiger partial charge is 0.481 e. The van der Waals surface area contributed by atoms with Gasteiger partial charge in [0.05, 0.1) is 11.2 Å². The molecule has 0 bridgehead atoms. The number of nitrogens with one attached hydrogen (secondary N) is 1. The number of sulfone groups is 1. The average molecular weight is 306 g/mol. The Bertz CT molecular complexity index is 466. The van der Waals surface area contributed by atoms with Gasteiger partial charge < -0.3 is 15.3 Å². The second kappa shape index (κ2) is 6.43. The van der Waals surface area contributed by atoms with Crippen molar-refractivity contribution in [2.45, 2.75) is 26.7 Å². The molecule has 20 heavy (non-hydrogen) atoms. The fourth-order valence-electron chi connectivity index (χ4n) is 1.99. The van der Waals surface area contributed by atoms with Gasteiger partial charge in [-0.15, -0.1) is 0 Å². The summed E-state index contributed by atoms with van der Waals surface area (Å²) >= 11 is 0. The van der Waals surface area contributed by atoms with Crippen LogP contribution in [0.25, 0.3) is 0 Å². The van der Waals surface area contributed by atoms with Gasteiger partial charge in [0, 0.05) is 25.4 Å². The first-order valence-corrected chi connectivity index (χ1v) is 8.49. The minimum atomic E-state index is -3.09. The standard InChI is InChI=1S/C12H22N2O5S/c1-3-20(18,19)9-6-13-11(17)14-7-4-12(2,5-8-14)10(15)16/h3-9H2,1-2H3,(H,13,17)(H,15,16). The van der Waals surface area contributed by atoms with Crippen LogP contribution in [0.4, 0.5) is 4.79 Å². The highest BCUT2D eigenvalue weighted by molar-refractivity contribution is 7.91. The molecule has 1 heterocycles. The van der Waals surface area contributed by atoms with Gasteiger partial charge in [-0.2, -0.15) is 0 Å². The molecule has 1 rings (SSSR count). The van der Waals surface area contributed by atoms with E-state index in [0.717, 1.165) is 0 Å². The normalized spacial score (nSPS) is 18.6. The van der Waals surface area contributed by atoms with Gasteiger partial charge in [-0.25, -0.2) is 13.2 Å². The Balaban J connectivity index is 2.39. The van der Waals surface area contributed by atoms with Crippen molar-refractivity contribution in [3.63, 3.8) is 0 Å². The van der Waals surface area contributed by atoms with E-state index in [2.05, 4.69) is 5.32 Å². The highest BCUT2D eigenvalue weighted by Gasteiger charge is 2.37. The van der Waals surface area contributed by atoms with Gasteiger partial charge in [0.2, 0.25) is 0 Å². The third-order valence-electron chi connectivity index (χ3n) is 3.80. The Kier molecular flexibility index (Phi) is 5.38. The van der Waals surface area contributed by atoms with Crippen LogP contribution in [0.5, 0.6) is 0 Å². The van der Waals surface area contributed by atoms with E-state index >= 15 is 0 Å². The van der Waals surface area contributed by atoms with Crippen LogP contribution >= 0.6 is 0 Å². The molecule has 0 aromatic carbocycles. The first-order chi connectivity index (χ1) is 9.20. The first kappa shape index (κ1) is 16.7. The van der Waals surface area contributed by atoms with Crippen molar-refractivity contribution in [3.05, 3.63) is 0 Å². The lowest BCUT2D eigenvalue weighted by atomic mass is 9.80. The van der Waals surface area contributed by atoms with Crippen LogP contribution in [0, 0.1) is 5.41 Å². The van der Waals surface area contributed by atoms with E-state index in [4.69, 9.17) is 5.11 Å². The molecule has 0 aromatic rings. The number of rotatable bonds is 5. The molecule has 0 atom stereocenters. The second-order valence-electron chi connectivity index (χ2n) is 5.32. The summed E-state index contributed by atoms with van der Waals surface area (Å²) in [7, 11) is -3.09. The van der Waals surface area contributed by atoms with E-state index in [9.17, 15) is 18.0 Å². The summed E-state index contributed by atoms with van der Waals surface area (Å²) in [5, 5.41) is 11.7. The van der Waals surface area contributed by atoms with Crippen molar-refractivity contribution in [1.29, 1.82) is 0 Å². The number of amides is 2. The van der Waals surface area contributed by atoms with Gasteiger partial charge in [0.15, 0.2) is 9.84 Å². The zero-order chi connectivity index (χ0) is 15.4. The number of carboxylic acids is 1. The molecule has 0 unspecified atom stereocenters. The number of piperidine rings is 1. The predicted molar refractivity (Wildman–Crippen MR) is 74.3 cm³/mol. The van der Waals surface area contributed by atoms with E-state index in [0.29, 0.717) is 25.9 Å². The zero-order valence-corrected chi connectivity index (χ0v) is 12.7. The average Bonchev–Trinajstić information content (AvgIpc) is 2.39. The zero-order valence-electron chi connectivity index (χ0n) is 11.9. The number of likely N-dealkylation sites (tertiary alicyclic amines) is 1. The molecule has 1 aliphatic rings. The number of hydrogen-bond donors (Lipinski definition) is 2. The van der Waals surface area contributed by atoms with Gasteiger partial charge in [-0.05, 0) is 19.8 Å². The fraction of sp³-hybridized carbons (Fsp3) is 0.833. The van der Waals surface area contributed by atoms with Gasteiger partial charge in [-0.1, -0.05) is 6.92 Å². The number of carboxylic acid groups (broad SMARTS) is 1. The number of urea groups is 1. The molecule has 0 radical (unpaired) electrons. The summed E-state index contributed by atoms with van der Waals surface area (Å²) in [4.78, 5) is 24.4. The molecule has 1 fully saturated rings. The maximum Gasteiger partial charge on any atom is 0.317 e. The Labute approximate surface area is 119 Å². The molecule has 0 saturated carbocycles. The Morgan fingerprint density at radius 3 is 2.30 bits per heavy atom. The highest BCUT2D eigenvalue weighted by atomic mass is 32.2. The summed E-state index contributed by atoms with van der Waals surface area (Å²) in [6.07, 6.45) is 0.812. The van der Waals surface area contributed by atoms with Crippen molar-refractivity contribution >= 4 is 21.8 Å². The third kappa shape index (κ3) is 4.36. The molecule has 0 aromatic heterocycles. The van der Waals surface area contributed by atoms with Crippen molar-refractivity contribution in [2.75, 3.05) is 31.1 Å². The molecule has 2 N–H and O–H groups in total. The molecule has 0 aliphatic carbocycles. The monoisotopic (exact) mass is 306 g/mol.